The van der Waals surface area contributed by atoms with Crippen LogP contribution in [0.5, 0.6) is 0 Å². The average molecular weight is 289 g/mol. The van der Waals surface area contributed by atoms with Crippen LogP contribution >= 0.6 is 11.3 Å². The van der Waals surface area contributed by atoms with E-state index in [0.29, 0.717) is 0 Å². The van der Waals surface area contributed by atoms with Gasteiger partial charge in [0.15, 0.2) is 0 Å². The van der Waals surface area contributed by atoms with Crippen molar-refractivity contribution in [2.24, 2.45) is 5.73 Å². The molecular formula is C15H16FN3S. The van der Waals surface area contributed by atoms with Crippen molar-refractivity contribution in [3.63, 3.8) is 0 Å². The second kappa shape index (κ2) is 5.34. The summed E-state index contributed by atoms with van der Waals surface area (Å²) in [4.78, 5) is 1.03. The van der Waals surface area contributed by atoms with Crippen LogP contribution in [-0.2, 0) is 6.54 Å². The largest absolute Gasteiger partial charge is 0.320 e. The number of hydrogen-bond donors (Lipinski definition) is 1. The molecular weight excluding hydrogens is 273 g/mol. The Balaban J connectivity index is 1.92. The van der Waals surface area contributed by atoms with E-state index in [4.69, 9.17) is 5.73 Å². The summed E-state index contributed by atoms with van der Waals surface area (Å²) >= 11 is 1.60. The van der Waals surface area contributed by atoms with E-state index in [2.05, 4.69) is 12.0 Å². The van der Waals surface area contributed by atoms with Gasteiger partial charge in [-0.1, -0.05) is 6.92 Å². The fraction of sp³-hybridized carbons (Fsp3) is 0.267. The smallest absolute Gasteiger partial charge is 0.123 e. The van der Waals surface area contributed by atoms with Crippen molar-refractivity contribution < 1.29 is 4.39 Å². The molecule has 0 fully saturated rings. The Hall–Kier alpha value is -1.72. The summed E-state index contributed by atoms with van der Waals surface area (Å²) in [7, 11) is 0. The summed E-state index contributed by atoms with van der Waals surface area (Å²) in [6, 6.07) is 6.58. The molecule has 0 bridgehead atoms. The molecule has 0 radical (unpaired) electrons. The molecule has 2 aromatic heterocycles. The zero-order chi connectivity index (χ0) is 14.1. The molecule has 104 valence electrons. The first-order valence-corrected chi connectivity index (χ1v) is 7.46. The molecule has 5 heteroatoms. The van der Waals surface area contributed by atoms with Gasteiger partial charge in [-0.2, -0.15) is 5.10 Å². The predicted octanol–water partition coefficient (Wildman–Crippen LogP) is 3.70. The van der Waals surface area contributed by atoms with Gasteiger partial charge in [0.05, 0.1) is 12.2 Å². The molecule has 0 spiro atoms. The predicted molar refractivity (Wildman–Crippen MR) is 80.3 cm³/mol. The number of aryl methyl sites for hydroxylation is 1. The van der Waals surface area contributed by atoms with E-state index in [1.807, 2.05) is 23.1 Å². The molecule has 0 amide bonds. The summed E-state index contributed by atoms with van der Waals surface area (Å²) in [6.07, 6.45) is 4.84. The maximum Gasteiger partial charge on any atom is 0.123 e. The lowest BCUT2D eigenvalue weighted by molar-refractivity contribution is 0.602. The minimum Gasteiger partial charge on any atom is -0.320 e. The van der Waals surface area contributed by atoms with Gasteiger partial charge < -0.3 is 5.73 Å². The molecule has 0 aliphatic carbocycles. The molecule has 0 saturated heterocycles. The van der Waals surface area contributed by atoms with Gasteiger partial charge in [-0.15, -0.1) is 11.3 Å². The summed E-state index contributed by atoms with van der Waals surface area (Å²) in [5.74, 6) is -0.216. The topological polar surface area (TPSA) is 43.8 Å². The number of halogens is 1. The zero-order valence-corrected chi connectivity index (χ0v) is 12.0. The number of benzene rings is 1. The van der Waals surface area contributed by atoms with E-state index >= 15 is 0 Å². The lowest BCUT2D eigenvalue weighted by Gasteiger charge is -2.05. The van der Waals surface area contributed by atoms with Crippen LogP contribution in [0.2, 0.25) is 0 Å². The van der Waals surface area contributed by atoms with Crippen LogP contribution in [0.15, 0.2) is 36.7 Å². The van der Waals surface area contributed by atoms with Gasteiger partial charge in [0.25, 0.3) is 0 Å². The average Bonchev–Trinajstić information content (AvgIpc) is 3.04. The number of aromatic nitrogens is 2. The van der Waals surface area contributed by atoms with Crippen molar-refractivity contribution in [2.75, 3.05) is 0 Å². The third-order valence-electron chi connectivity index (χ3n) is 3.27. The van der Waals surface area contributed by atoms with Crippen molar-refractivity contribution in [3.05, 3.63) is 52.9 Å². The van der Waals surface area contributed by atoms with Crippen molar-refractivity contribution >= 4 is 21.4 Å². The first-order valence-electron chi connectivity index (χ1n) is 6.64. The second-order valence-corrected chi connectivity index (χ2v) is 5.96. The van der Waals surface area contributed by atoms with Gasteiger partial charge in [-0.3, -0.25) is 4.68 Å². The maximum atomic E-state index is 13.2. The van der Waals surface area contributed by atoms with Crippen molar-refractivity contribution in [3.8, 4) is 0 Å². The summed E-state index contributed by atoms with van der Waals surface area (Å²) < 4.78 is 16.2. The fourth-order valence-corrected chi connectivity index (χ4v) is 3.32. The standard InChI is InChI=1S/C15H16FN3S/c1-2-5-19-9-11(8-18-19)15(17)14-7-10-6-12(16)3-4-13(10)20-14/h3-4,6-9,15H,2,5,17H2,1H3. The minimum atomic E-state index is -0.216. The number of hydrogen-bond acceptors (Lipinski definition) is 3. The highest BCUT2D eigenvalue weighted by Crippen LogP contribution is 2.32. The molecule has 3 rings (SSSR count). The van der Waals surface area contributed by atoms with Gasteiger partial charge in [0.2, 0.25) is 0 Å². The summed E-state index contributed by atoms with van der Waals surface area (Å²) in [5.41, 5.74) is 7.28. The molecule has 2 heterocycles. The van der Waals surface area contributed by atoms with E-state index in [1.54, 1.807) is 23.5 Å². The molecule has 1 aromatic carbocycles. The van der Waals surface area contributed by atoms with Gasteiger partial charge >= 0.3 is 0 Å². The van der Waals surface area contributed by atoms with Crippen LogP contribution in [0.25, 0.3) is 10.1 Å². The Bertz CT molecular complexity index is 732. The number of nitrogens with two attached hydrogens (primary N) is 1. The fourth-order valence-electron chi connectivity index (χ4n) is 2.24. The van der Waals surface area contributed by atoms with Crippen LogP contribution < -0.4 is 5.73 Å². The number of thiophene rings is 1. The highest BCUT2D eigenvalue weighted by molar-refractivity contribution is 7.19. The monoisotopic (exact) mass is 289 g/mol. The molecule has 0 saturated carbocycles. The van der Waals surface area contributed by atoms with E-state index in [9.17, 15) is 4.39 Å². The minimum absolute atomic E-state index is 0.207. The molecule has 1 unspecified atom stereocenters. The lowest BCUT2D eigenvalue weighted by atomic mass is 10.1. The van der Waals surface area contributed by atoms with Crippen molar-refractivity contribution in [1.82, 2.24) is 9.78 Å². The Morgan fingerprint density at radius 2 is 2.25 bits per heavy atom. The number of nitrogens with zero attached hydrogens (tertiary/aromatic N) is 2. The quantitative estimate of drug-likeness (QED) is 0.796. The Morgan fingerprint density at radius 3 is 3.05 bits per heavy atom. The number of fused-ring (bicyclic) bond motifs is 1. The normalized spacial score (nSPS) is 12.9. The van der Waals surface area contributed by atoms with Crippen LogP contribution in [0, 0.1) is 5.82 Å². The first kappa shape index (κ1) is 13.3. The first-order chi connectivity index (χ1) is 9.67. The van der Waals surface area contributed by atoms with Crippen molar-refractivity contribution in [1.29, 1.82) is 0 Å². The van der Waals surface area contributed by atoms with Crippen LogP contribution in [0.3, 0.4) is 0 Å². The third-order valence-corrected chi connectivity index (χ3v) is 4.47. The molecule has 1 atom stereocenters. The van der Waals surface area contributed by atoms with Crippen LogP contribution in [-0.4, -0.2) is 9.78 Å². The van der Waals surface area contributed by atoms with Crippen LogP contribution in [0.1, 0.15) is 29.8 Å². The Labute approximate surface area is 120 Å². The van der Waals surface area contributed by atoms with E-state index in [1.165, 1.54) is 6.07 Å². The van der Waals surface area contributed by atoms with E-state index < -0.39 is 0 Å². The lowest BCUT2D eigenvalue weighted by Crippen LogP contribution is -2.09. The van der Waals surface area contributed by atoms with Gasteiger partial charge in [0, 0.05) is 27.9 Å². The zero-order valence-electron chi connectivity index (χ0n) is 11.2. The molecule has 3 aromatic rings. The maximum absolute atomic E-state index is 13.2. The Morgan fingerprint density at radius 1 is 1.40 bits per heavy atom. The van der Waals surface area contributed by atoms with Crippen molar-refractivity contribution in [2.45, 2.75) is 25.9 Å². The van der Waals surface area contributed by atoms with E-state index in [-0.39, 0.29) is 11.9 Å². The molecule has 3 nitrogen and oxygen atoms in total. The van der Waals surface area contributed by atoms with Crippen LogP contribution in [0.4, 0.5) is 4.39 Å². The van der Waals surface area contributed by atoms with Gasteiger partial charge in [-0.25, -0.2) is 4.39 Å². The second-order valence-electron chi connectivity index (χ2n) is 4.85. The van der Waals surface area contributed by atoms with Gasteiger partial charge in [0.1, 0.15) is 5.82 Å². The summed E-state index contributed by atoms with van der Waals surface area (Å²) in [5, 5.41) is 5.21. The highest BCUT2D eigenvalue weighted by Gasteiger charge is 2.14. The molecule has 20 heavy (non-hydrogen) atoms. The molecule has 0 aliphatic rings. The van der Waals surface area contributed by atoms with Gasteiger partial charge in [-0.05, 0) is 36.1 Å². The third kappa shape index (κ3) is 2.46. The summed E-state index contributed by atoms with van der Waals surface area (Å²) in [6.45, 7) is 3.01. The number of rotatable bonds is 4. The molecule has 0 aliphatic heterocycles. The highest BCUT2D eigenvalue weighted by atomic mass is 32.1. The SMILES string of the molecule is CCCn1cc(C(N)c2cc3cc(F)ccc3s2)cn1. The van der Waals surface area contributed by atoms with E-state index in [0.717, 1.165) is 33.5 Å². The molecule has 2 N–H and O–H groups in total. The Kier molecular flexibility index (Phi) is 3.54.